The highest BCUT2D eigenvalue weighted by molar-refractivity contribution is 6.28. The number of anilines is 1. The molecular formula is C26H34ClN7. The van der Waals surface area contributed by atoms with Crippen molar-refractivity contribution in [3.05, 3.63) is 84.1 Å². The molecule has 0 aliphatic carbocycles. The van der Waals surface area contributed by atoms with Crippen LogP contribution in [0.1, 0.15) is 55.0 Å². The Morgan fingerprint density at radius 3 is 2.62 bits per heavy atom. The first-order valence-electron chi connectivity index (χ1n) is 11.5. The van der Waals surface area contributed by atoms with Crippen molar-refractivity contribution in [2.24, 2.45) is 0 Å². The lowest BCUT2D eigenvalue weighted by Gasteiger charge is -2.10. The topological polar surface area (TPSA) is 94.3 Å². The highest BCUT2D eigenvalue weighted by Gasteiger charge is 2.12. The molecule has 0 aliphatic rings. The van der Waals surface area contributed by atoms with Crippen molar-refractivity contribution in [3.8, 4) is 6.07 Å². The highest BCUT2D eigenvalue weighted by Crippen LogP contribution is 2.21. The average molecular weight is 480 g/mol. The molecule has 2 heterocycles. The number of aromatic nitrogens is 4. The number of aryl methyl sites for hydroxylation is 1. The number of imidazole rings is 1. The monoisotopic (exact) mass is 479 g/mol. The Bertz CT molecular complexity index is 1060. The summed E-state index contributed by atoms with van der Waals surface area (Å²) in [6, 6.07) is 9.72. The maximum atomic E-state index is 8.90. The number of rotatable bonds is 13. The molecule has 7 nitrogen and oxygen atoms in total. The number of nitrogens with one attached hydrogen (secondary N) is 3. The second-order valence-corrected chi connectivity index (χ2v) is 8.11. The van der Waals surface area contributed by atoms with Crippen LogP contribution in [0.15, 0.2) is 56.4 Å². The first-order valence-corrected chi connectivity index (χ1v) is 11.9. The summed E-state index contributed by atoms with van der Waals surface area (Å²) in [5.41, 5.74) is 4.57. The molecule has 3 N–H and O–H groups in total. The van der Waals surface area contributed by atoms with Gasteiger partial charge in [0.15, 0.2) is 5.82 Å². The molecule has 3 rings (SSSR count). The molecule has 0 unspecified atom stereocenters. The Hall–Kier alpha value is -3.50. The third-order valence-electron chi connectivity index (χ3n) is 5.14. The van der Waals surface area contributed by atoms with Gasteiger partial charge in [0.05, 0.1) is 30.1 Å². The number of halogens is 1. The van der Waals surface area contributed by atoms with Crippen LogP contribution in [0.25, 0.3) is 5.70 Å². The second-order valence-electron chi connectivity index (χ2n) is 7.75. The van der Waals surface area contributed by atoms with Crippen LogP contribution >= 0.6 is 11.6 Å². The molecule has 0 spiro atoms. The molecule has 0 bridgehead atoms. The Balaban J connectivity index is 0.00000199. The predicted molar refractivity (Wildman–Crippen MR) is 141 cm³/mol. The molecule has 34 heavy (non-hydrogen) atoms. The lowest BCUT2D eigenvalue weighted by atomic mass is 10.1. The van der Waals surface area contributed by atoms with E-state index in [1.807, 2.05) is 35.1 Å². The van der Waals surface area contributed by atoms with E-state index < -0.39 is 0 Å². The maximum absolute atomic E-state index is 8.90. The molecule has 0 aliphatic heterocycles. The first-order chi connectivity index (χ1) is 16.6. The molecule has 0 fully saturated rings. The normalized spacial score (nSPS) is 10.1. The zero-order valence-electron chi connectivity index (χ0n) is 19.9. The SMILES string of the molecule is C=C.C=C(NCCCCC)c1[nH]c(Cl)nc1NCCCc1cnn(Cc2ccc(C#N)cc2)c1. The van der Waals surface area contributed by atoms with Crippen molar-refractivity contribution in [2.75, 3.05) is 18.4 Å². The molecule has 0 atom stereocenters. The Kier molecular flexibility index (Phi) is 11.5. The third-order valence-corrected chi connectivity index (χ3v) is 5.32. The number of H-pyrrole nitrogens is 1. The second kappa shape index (κ2) is 14.6. The van der Waals surface area contributed by atoms with Gasteiger partial charge >= 0.3 is 0 Å². The average Bonchev–Trinajstić information content (AvgIpc) is 3.47. The molecule has 1 aromatic carbocycles. The van der Waals surface area contributed by atoms with E-state index in [0.717, 1.165) is 55.1 Å². The summed E-state index contributed by atoms with van der Waals surface area (Å²) in [5, 5.41) is 20.4. The lowest BCUT2D eigenvalue weighted by Crippen LogP contribution is -2.15. The fourth-order valence-corrected chi connectivity index (χ4v) is 3.57. The summed E-state index contributed by atoms with van der Waals surface area (Å²) < 4.78 is 1.92. The van der Waals surface area contributed by atoms with Gasteiger partial charge in [-0.05, 0) is 54.1 Å². The van der Waals surface area contributed by atoms with Crippen molar-refractivity contribution in [2.45, 2.75) is 45.6 Å². The van der Waals surface area contributed by atoms with Crippen molar-refractivity contribution in [1.82, 2.24) is 25.1 Å². The Morgan fingerprint density at radius 2 is 1.91 bits per heavy atom. The van der Waals surface area contributed by atoms with Gasteiger partial charge in [-0.3, -0.25) is 4.68 Å². The van der Waals surface area contributed by atoms with Crippen LogP contribution in [0.4, 0.5) is 5.82 Å². The molecule has 0 saturated heterocycles. The van der Waals surface area contributed by atoms with Gasteiger partial charge in [-0.1, -0.05) is 38.5 Å². The number of nitriles is 1. The van der Waals surface area contributed by atoms with Crippen molar-refractivity contribution >= 4 is 23.1 Å². The van der Waals surface area contributed by atoms with Crippen LogP contribution in [0.3, 0.4) is 0 Å². The number of benzene rings is 1. The van der Waals surface area contributed by atoms with Gasteiger partial charge in [0, 0.05) is 19.3 Å². The van der Waals surface area contributed by atoms with E-state index in [9.17, 15) is 0 Å². The molecule has 0 radical (unpaired) electrons. The minimum Gasteiger partial charge on any atom is -0.384 e. The van der Waals surface area contributed by atoms with Crippen LogP contribution in [0.5, 0.6) is 0 Å². The van der Waals surface area contributed by atoms with Crippen molar-refractivity contribution in [1.29, 1.82) is 5.26 Å². The van der Waals surface area contributed by atoms with Gasteiger partial charge in [-0.15, -0.1) is 13.2 Å². The largest absolute Gasteiger partial charge is 0.384 e. The molecular weight excluding hydrogens is 446 g/mol. The Morgan fingerprint density at radius 1 is 1.15 bits per heavy atom. The standard InChI is InChI=1S/C24H30ClN7.C2H4/c1-3-4-5-12-27-18(2)22-23(31-24(25)30-22)28-13-6-7-21-15-29-32(17-21)16-20-10-8-19(14-26)9-11-20;1-2/h8-11,15,17,27-28H,2-7,12-13,16H2,1H3,(H,30,31);1-2H2. The maximum Gasteiger partial charge on any atom is 0.202 e. The summed E-state index contributed by atoms with van der Waals surface area (Å²) in [4.78, 5) is 7.42. The van der Waals surface area contributed by atoms with Crippen molar-refractivity contribution < 1.29 is 0 Å². The van der Waals surface area contributed by atoms with Crippen LogP contribution < -0.4 is 10.6 Å². The van der Waals surface area contributed by atoms with Crippen LogP contribution in [-0.2, 0) is 13.0 Å². The minimum atomic E-state index is 0.350. The molecule has 3 aromatic rings. The third kappa shape index (κ3) is 8.45. The van der Waals surface area contributed by atoms with E-state index in [1.54, 1.807) is 0 Å². The summed E-state index contributed by atoms with van der Waals surface area (Å²) >= 11 is 6.09. The number of hydrogen-bond donors (Lipinski definition) is 3. The van der Waals surface area contributed by atoms with E-state index in [1.165, 1.54) is 18.4 Å². The van der Waals surface area contributed by atoms with Gasteiger partial charge < -0.3 is 15.6 Å². The first kappa shape index (κ1) is 26.7. The van der Waals surface area contributed by atoms with E-state index in [-0.39, 0.29) is 0 Å². The zero-order valence-corrected chi connectivity index (χ0v) is 20.7. The molecule has 0 saturated carbocycles. The molecule has 180 valence electrons. The molecule has 2 aromatic heterocycles. The van der Waals surface area contributed by atoms with Crippen molar-refractivity contribution in [3.63, 3.8) is 0 Å². The highest BCUT2D eigenvalue weighted by atomic mass is 35.5. The van der Waals surface area contributed by atoms with E-state index in [0.29, 0.717) is 17.4 Å². The van der Waals surface area contributed by atoms with Gasteiger partial charge in [0.25, 0.3) is 0 Å². The summed E-state index contributed by atoms with van der Waals surface area (Å²) in [7, 11) is 0. The van der Waals surface area contributed by atoms with Gasteiger partial charge in [0.1, 0.15) is 5.69 Å². The summed E-state index contributed by atoms with van der Waals surface area (Å²) in [6.07, 6.45) is 9.30. The van der Waals surface area contributed by atoms with Gasteiger partial charge in [-0.25, -0.2) is 4.98 Å². The van der Waals surface area contributed by atoms with Gasteiger partial charge in [-0.2, -0.15) is 10.4 Å². The van der Waals surface area contributed by atoms with Gasteiger partial charge in [0.2, 0.25) is 5.28 Å². The number of unbranched alkanes of at least 4 members (excludes halogenated alkanes) is 2. The zero-order chi connectivity index (χ0) is 24.8. The fourth-order valence-electron chi connectivity index (χ4n) is 3.39. The van der Waals surface area contributed by atoms with E-state index in [4.69, 9.17) is 16.9 Å². The minimum absolute atomic E-state index is 0.350. The Labute approximate surface area is 207 Å². The molecule has 8 heteroatoms. The van der Waals surface area contributed by atoms with Crippen LogP contribution in [0, 0.1) is 11.3 Å². The smallest absolute Gasteiger partial charge is 0.202 e. The van der Waals surface area contributed by atoms with E-state index in [2.05, 4.69) is 64.6 Å². The lowest BCUT2D eigenvalue weighted by molar-refractivity contribution is 0.685. The quantitative estimate of drug-likeness (QED) is 0.213. The number of nitrogens with zero attached hydrogens (tertiary/aromatic N) is 4. The summed E-state index contributed by atoms with van der Waals surface area (Å²) in [5.74, 6) is 0.722. The fraction of sp³-hybridized carbons (Fsp3) is 0.346. The predicted octanol–water partition coefficient (Wildman–Crippen LogP) is 5.78. The molecule has 0 amide bonds. The van der Waals surface area contributed by atoms with E-state index >= 15 is 0 Å². The van der Waals surface area contributed by atoms with Crippen LogP contribution in [0.2, 0.25) is 5.28 Å². The number of hydrogen-bond acceptors (Lipinski definition) is 5. The van der Waals surface area contributed by atoms with Crippen LogP contribution in [-0.4, -0.2) is 32.8 Å². The summed E-state index contributed by atoms with van der Waals surface area (Å²) in [6.45, 7) is 14.6. The number of aromatic amines is 1.